The van der Waals surface area contributed by atoms with Crippen LogP contribution in [0.5, 0.6) is 0 Å². The summed E-state index contributed by atoms with van der Waals surface area (Å²) in [5.74, 6) is -0.703. The summed E-state index contributed by atoms with van der Waals surface area (Å²) in [7, 11) is 0. The molecule has 0 spiro atoms. The number of hydrogen-bond acceptors (Lipinski definition) is 5. The number of anilines is 2. The maximum atomic E-state index is 13.4. The first-order valence-electron chi connectivity index (χ1n) is 9.48. The van der Waals surface area contributed by atoms with E-state index in [2.05, 4.69) is 20.6 Å². The van der Waals surface area contributed by atoms with Gasteiger partial charge in [-0.2, -0.15) is 13.2 Å². The molecule has 10 heteroatoms. The number of carbonyl (C=O) groups excluding carboxylic acids is 2. The minimum absolute atomic E-state index is 0.117. The first-order chi connectivity index (χ1) is 15.1. The van der Waals surface area contributed by atoms with Crippen molar-refractivity contribution < 1.29 is 22.8 Å². The van der Waals surface area contributed by atoms with Crippen LogP contribution >= 0.6 is 11.8 Å². The van der Waals surface area contributed by atoms with Gasteiger partial charge in [0.15, 0.2) is 5.16 Å². The lowest BCUT2D eigenvalue weighted by atomic mass is 10.1. The van der Waals surface area contributed by atoms with Crippen LogP contribution in [-0.4, -0.2) is 27.0 Å². The van der Waals surface area contributed by atoms with Gasteiger partial charge in [0, 0.05) is 23.9 Å². The second-order valence-electron chi connectivity index (χ2n) is 6.80. The predicted molar refractivity (Wildman–Crippen MR) is 117 cm³/mol. The minimum Gasteiger partial charge on any atom is -0.326 e. The molecule has 0 saturated heterocycles. The first-order valence-corrected chi connectivity index (χ1v) is 10.4. The van der Waals surface area contributed by atoms with E-state index in [0.29, 0.717) is 16.9 Å². The molecular formula is C22H19F3N4O2S. The van der Waals surface area contributed by atoms with E-state index >= 15 is 0 Å². The number of thioether (sulfide) groups is 1. The third-order valence-corrected chi connectivity index (χ3v) is 5.13. The molecule has 32 heavy (non-hydrogen) atoms. The number of aromatic nitrogens is 2. The maximum Gasteiger partial charge on any atom is 0.433 e. The molecule has 2 amide bonds. The van der Waals surface area contributed by atoms with Gasteiger partial charge in [0.2, 0.25) is 11.8 Å². The highest BCUT2D eigenvalue weighted by molar-refractivity contribution is 8.00. The Bertz CT molecular complexity index is 1120. The number of hydrogen-bond donors (Lipinski definition) is 2. The van der Waals surface area contributed by atoms with Crippen molar-refractivity contribution in [2.45, 2.75) is 30.4 Å². The number of nitrogens with zero attached hydrogens (tertiary/aromatic N) is 2. The van der Waals surface area contributed by atoms with E-state index in [1.807, 2.05) is 0 Å². The molecule has 1 heterocycles. The van der Waals surface area contributed by atoms with Gasteiger partial charge in [0.1, 0.15) is 5.69 Å². The number of benzene rings is 2. The summed E-state index contributed by atoms with van der Waals surface area (Å²) in [5, 5.41) is 4.34. The molecule has 0 unspecified atom stereocenters. The van der Waals surface area contributed by atoms with E-state index < -0.39 is 23.0 Å². The van der Waals surface area contributed by atoms with Crippen molar-refractivity contribution in [2.24, 2.45) is 0 Å². The molecule has 3 aromatic rings. The van der Waals surface area contributed by atoms with E-state index in [-0.39, 0.29) is 16.8 Å². The highest BCUT2D eigenvalue weighted by atomic mass is 32.2. The zero-order chi connectivity index (χ0) is 23.3. The number of carbonyl (C=O) groups is 2. The minimum atomic E-state index is -4.66. The van der Waals surface area contributed by atoms with E-state index in [1.165, 1.54) is 6.92 Å². The molecule has 1 atom stereocenters. The number of amides is 2. The maximum absolute atomic E-state index is 13.4. The van der Waals surface area contributed by atoms with Gasteiger partial charge >= 0.3 is 6.18 Å². The fraction of sp³-hybridized carbons (Fsp3) is 0.182. The Kier molecular flexibility index (Phi) is 7.14. The van der Waals surface area contributed by atoms with Gasteiger partial charge in [-0.1, -0.05) is 48.2 Å². The summed E-state index contributed by atoms with van der Waals surface area (Å²) in [6, 6.07) is 15.9. The molecular weight excluding hydrogens is 441 g/mol. The Morgan fingerprint density at radius 1 is 0.938 bits per heavy atom. The Balaban J connectivity index is 1.80. The van der Waals surface area contributed by atoms with E-state index in [1.54, 1.807) is 61.5 Å². The van der Waals surface area contributed by atoms with E-state index in [0.717, 1.165) is 17.8 Å². The summed E-state index contributed by atoms with van der Waals surface area (Å²) in [6.07, 6.45) is -4.66. The zero-order valence-electron chi connectivity index (χ0n) is 17.1. The van der Waals surface area contributed by atoms with Crippen LogP contribution in [0.1, 0.15) is 19.5 Å². The second-order valence-corrected chi connectivity index (χ2v) is 8.10. The molecule has 0 aliphatic rings. The monoisotopic (exact) mass is 460 g/mol. The summed E-state index contributed by atoms with van der Waals surface area (Å²) in [4.78, 5) is 31.6. The molecule has 0 radical (unpaired) electrons. The summed E-state index contributed by atoms with van der Waals surface area (Å²) < 4.78 is 40.1. The fourth-order valence-electron chi connectivity index (χ4n) is 2.71. The molecule has 0 aliphatic heterocycles. The zero-order valence-corrected chi connectivity index (χ0v) is 17.9. The lowest BCUT2D eigenvalue weighted by Crippen LogP contribution is -2.23. The lowest BCUT2D eigenvalue weighted by Gasteiger charge is -2.14. The molecule has 6 nitrogen and oxygen atoms in total. The van der Waals surface area contributed by atoms with Crippen molar-refractivity contribution in [1.29, 1.82) is 0 Å². The van der Waals surface area contributed by atoms with Crippen LogP contribution in [-0.2, 0) is 15.8 Å². The standard InChI is InChI=1S/C22H19F3N4O2S/c1-13(20(31)27-17-10-6-9-16(11-17)26-14(2)30)32-21-28-18(15-7-4-3-5-8-15)12-19(29-21)22(23,24)25/h3-13H,1-2H3,(H,26,30)(H,27,31)/t13-/m1/s1. The Labute approximate surface area is 186 Å². The van der Waals surface area contributed by atoms with Gasteiger partial charge in [0.05, 0.1) is 10.9 Å². The van der Waals surface area contributed by atoms with E-state index in [4.69, 9.17) is 0 Å². The highest BCUT2D eigenvalue weighted by Gasteiger charge is 2.34. The van der Waals surface area contributed by atoms with Gasteiger partial charge in [0.25, 0.3) is 0 Å². The molecule has 0 aliphatic carbocycles. The van der Waals surface area contributed by atoms with E-state index in [9.17, 15) is 22.8 Å². The number of rotatable bonds is 6. The molecule has 0 bridgehead atoms. The average molecular weight is 460 g/mol. The number of halogens is 3. The van der Waals surface area contributed by atoms with Crippen molar-refractivity contribution in [3.63, 3.8) is 0 Å². The van der Waals surface area contributed by atoms with Gasteiger partial charge in [-0.15, -0.1) is 0 Å². The molecule has 3 rings (SSSR count). The van der Waals surface area contributed by atoms with Crippen LogP contribution < -0.4 is 10.6 Å². The number of nitrogens with one attached hydrogen (secondary N) is 2. The van der Waals surface area contributed by atoms with Crippen molar-refractivity contribution in [2.75, 3.05) is 10.6 Å². The summed E-state index contributed by atoms with van der Waals surface area (Å²) in [6.45, 7) is 2.91. The second kappa shape index (κ2) is 9.82. The van der Waals surface area contributed by atoms with Gasteiger partial charge < -0.3 is 10.6 Å². The topological polar surface area (TPSA) is 84.0 Å². The first kappa shape index (κ1) is 23.3. The van der Waals surface area contributed by atoms with Crippen LogP contribution in [0.4, 0.5) is 24.5 Å². The normalized spacial score (nSPS) is 12.2. The molecule has 166 valence electrons. The van der Waals surface area contributed by atoms with Gasteiger partial charge in [-0.05, 0) is 31.2 Å². The molecule has 2 N–H and O–H groups in total. The summed E-state index contributed by atoms with van der Waals surface area (Å²) >= 11 is 0.821. The SMILES string of the molecule is CC(=O)Nc1cccc(NC(=O)[C@@H](C)Sc2nc(-c3ccccc3)cc(C(F)(F)F)n2)c1. The van der Waals surface area contributed by atoms with Crippen LogP contribution in [0, 0.1) is 0 Å². The van der Waals surface area contributed by atoms with Crippen LogP contribution in [0.15, 0.2) is 65.8 Å². The summed E-state index contributed by atoms with van der Waals surface area (Å²) in [5.41, 5.74) is 0.484. The Morgan fingerprint density at radius 3 is 2.22 bits per heavy atom. The molecule has 2 aromatic carbocycles. The average Bonchev–Trinajstić information content (AvgIpc) is 2.73. The van der Waals surface area contributed by atoms with Crippen molar-refractivity contribution in [1.82, 2.24) is 9.97 Å². The Morgan fingerprint density at radius 2 is 1.59 bits per heavy atom. The van der Waals surface area contributed by atoms with Crippen molar-refractivity contribution in [3.05, 3.63) is 66.4 Å². The van der Waals surface area contributed by atoms with Gasteiger partial charge in [-0.3, -0.25) is 9.59 Å². The van der Waals surface area contributed by atoms with Crippen molar-refractivity contribution >= 4 is 35.0 Å². The predicted octanol–water partition coefficient (Wildman–Crippen LogP) is 5.24. The third kappa shape index (κ3) is 6.30. The third-order valence-electron chi connectivity index (χ3n) is 4.17. The largest absolute Gasteiger partial charge is 0.433 e. The van der Waals surface area contributed by atoms with Crippen LogP contribution in [0.2, 0.25) is 0 Å². The highest BCUT2D eigenvalue weighted by Crippen LogP contribution is 2.33. The lowest BCUT2D eigenvalue weighted by molar-refractivity contribution is -0.141. The van der Waals surface area contributed by atoms with Crippen LogP contribution in [0.3, 0.4) is 0 Å². The van der Waals surface area contributed by atoms with Crippen LogP contribution in [0.25, 0.3) is 11.3 Å². The quantitative estimate of drug-likeness (QED) is 0.388. The molecule has 0 fully saturated rings. The molecule has 0 saturated carbocycles. The fourth-order valence-corrected chi connectivity index (χ4v) is 3.50. The Hall–Kier alpha value is -3.40. The van der Waals surface area contributed by atoms with Gasteiger partial charge in [-0.25, -0.2) is 9.97 Å². The van der Waals surface area contributed by atoms with Crippen molar-refractivity contribution in [3.8, 4) is 11.3 Å². The molecule has 1 aromatic heterocycles. The number of alkyl halides is 3. The smallest absolute Gasteiger partial charge is 0.326 e.